The molecular weight excluding hydrogens is 307 g/mol. The number of hydrogen-bond donors (Lipinski definition) is 2. The Morgan fingerprint density at radius 1 is 1.17 bits per heavy atom. The Labute approximate surface area is 138 Å². The molecule has 0 fully saturated rings. The standard InChI is InChI=1S/C19H17FN2O2/c1-24-19(23)16-10-13-11-6-3-5-9-15(11)21-18(13)17(22-16)12-7-2-4-8-14(12)20/h2-9,16-17,21-22H,10H2,1H3/t16-,17-/m0/s1. The Balaban J connectivity index is 1.90. The number of benzene rings is 2. The van der Waals surface area contributed by atoms with Gasteiger partial charge in [0.25, 0.3) is 0 Å². The van der Waals surface area contributed by atoms with Gasteiger partial charge in [-0.1, -0.05) is 36.4 Å². The zero-order valence-corrected chi connectivity index (χ0v) is 13.2. The second-order valence-corrected chi connectivity index (χ2v) is 5.96. The maximum Gasteiger partial charge on any atom is 0.323 e. The Kier molecular flexibility index (Phi) is 3.58. The molecule has 4 rings (SSSR count). The van der Waals surface area contributed by atoms with Gasteiger partial charge in [0, 0.05) is 28.6 Å². The monoisotopic (exact) mass is 324 g/mol. The average molecular weight is 324 g/mol. The summed E-state index contributed by atoms with van der Waals surface area (Å²) in [7, 11) is 1.37. The summed E-state index contributed by atoms with van der Waals surface area (Å²) in [6.07, 6.45) is 0.511. The first-order chi connectivity index (χ1) is 11.7. The van der Waals surface area contributed by atoms with E-state index in [0.717, 1.165) is 22.2 Å². The highest BCUT2D eigenvalue weighted by atomic mass is 19.1. The lowest BCUT2D eigenvalue weighted by atomic mass is 9.90. The average Bonchev–Trinajstić information content (AvgIpc) is 2.99. The summed E-state index contributed by atoms with van der Waals surface area (Å²) < 4.78 is 19.3. The van der Waals surface area contributed by atoms with Crippen LogP contribution in [-0.4, -0.2) is 24.1 Å². The number of carbonyl (C=O) groups excluding carboxylic acids is 1. The SMILES string of the molecule is COC(=O)[C@@H]1Cc2c([nH]c3ccccc23)[C@H](c2ccccc2F)N1. The largest absolute Gasteiger partial charge is 0.468 e. The molecule has 122 valence electrons. The number of hydrogen-bond acceptors (Lipinski definition) is 3. The van der Waals surface area contributed by atoms with Crippen molar-refractivity contribution in [3.8, 4) is 0 Å². The fourth-order valence-electron chi connectivity index (χ4n) is 3.48. The van der Waals surface area contributed by atoms with Crippen LogP contribution in [0.25, 0.3) is 10.9 Å². The first-order valence-electron chi connectivity index (χ1n) is 7.87. The van der Waals surface area contributed by atoms with Crippen LogP contribution in [-0.2, 0) is 16.0 Å². The van der Waals surface area contributed by atoms with Crippen LogP contribution in [0, 0.1) is 5.82 Å². The number of para-hydroxylation sites is 1. The van der Waals surface area contributed by atoms with Crippen LogP contribution >= 0.6 is 0 Å². The van der Waals surface area contributed by atoms with Crippen molar-refractivity contribution in [2.45, 2.75) is 18.5 Å². The summed E-state index contributed by atoms with van der Waals surface area (Å²) in [5.74, 6) is -0.641. The minimum atomic E-state index is -0.508. The molecule has 0 saturated heterocycles. The number of H-pyrrole nitrogens is 1. The molecule has 1 aliphatic heterocycles. The van der Waals surface area contributed by atoms with E-state index in [-0.39, 0.29) is 11.8 Å². The lowest BCUT2D eigenvalue weighted by Crippen LogP contribution is -2.45. The zero-order chi connectivity index (χ0) is 16.7. The molecule has 0 amide bonds. The van der Waals surface area contributed by atoms with Gasteiger partial charge in [-0.2, -0.15) is 0 Å². The minimum absolute atomic E-state index is 0.301. The van der Waals surface area contributed by atoms with Gasteiger partial charge in [0.15, 0.2) is 0 Å². The predicted octanol–water partition coefficient (Wildman–Crippen LogP) is 3.08. The molecule has 0 bridgehead atoms. The summed E-state index contributed by atoms with van der Waals surface area (Å²) in [4.78, 5) is 15.5. The minimum Gasteiger partial charge on any atom is -0.468 e. The topological polar surface area (TPSA) is 54.1 Å². The normalized spacial score (nSPS) is 19.9. The third kappa shape index (κ3) is 2.29. The lowest BCUT2D eigenvalue weighted by Gasteiger charge is -2.30. The molecule has 2 heterocycles. The Morgan fingerprint density at radius 3 is 2.71 bits per heavy atom. The van der Waals surface area contributed by atoms with Gasteiger partial charge in [0.2, 0.25) is 0 Å². The second kappa shape index (κ2) is 5.76. The van der Waals surface area contributed by atoms with E-state index in [2.05, 4.69) is 10.3 Å². The van der Waals surface area contributed by atoms with Gasteiger partial charge in [-0.15, -0.1) is 0 Å². The third-order valence-electron chi connectivity index (χ3n) is 4.61. The van der Waals surface area contributed by atoms with E-state index in [1.807, 2.05) is 24.3 Å². The number of aromatic amines is 1. The fourth-order valence-corrected chi connectivity index (χ4v) is 3.48. The molecule has 2 N–H and O–H groups in total. The fraction of sp³-hybridized carbons (Fsp3) is 0.211. The van der Waals surface area contributed by atoms with Crippen molar-refractivity contribution in [3.05, 3.63) is 71.2 Å². The number of carbonyl (C=O) groups is 1. The zero-order valence-electron chi connectivity index (χ0n) is 13.2. The van der Waals surface area contributed by atoms with Crippen molar-refractivity contribution in [2.75, 3.05) is 7.11 Å². The van der Waals surface area contributed by atoms with Gasteiger partial charge in [-0.05, 0) is 17.7 Å². The molecule has 2 aromatic carbocycles. The van der Waals surface area contributed by atoms with E-state index >= 15 is 0 Å². The first kappa shape index (κ1) is 14.9. The van der Waals surface area contributed by atoms with Crippen molar-refractivity contribution >= 4 is 16.9 Å². The highest BCUT2D eigenvalue weighted by Gasteiger charge is 2.35. The number of fused-ring (bicyclic) bond motifs is 3. The molecule has 0 aliphatic carbocycles. The van der Waals surface area contributed by atoms with Crippen molar-refractivity contribution in [2.24, 2.45) is 0 Å². The number of aromatic nitrogens is 1. The second-order valence-electron chi connectivity index (χ2n) is 5.96. The summed E-state index contributed by atoms with van der Waals surface area (Å²) >= 11 is 0. The Bertz CT molecular complexity index is 919. The molecule has 1 aromatic heterocycles. The first-order valence-corrected chi connectivity index (χ1v) is 7.87. The van der Waals surface area contributed by atoms with Gasteiger partial charge < -0.3 is 9.72 Å². The smallest absolute Gasteiger partial charge is 0.323 e. The quantitative estimate of drug-likeness (QED) is 0.712. The number of ether oxygens (including phenoxy) is 1. The number of rotatable bonds is 2. The van der Waals surface area contributed by atoms with E-state index in [0.29, 0.717) is 12.0 Å². The van der Waals surface area contributed by atoms with Crippen molar-refractivity contribution in [3.63, 3.8) is 0 Å². The number of nitrogens with one attached hydrogen (secondary N) is 2. The number of halogens is 1. The highest BCUT2D eigenvalue weighted by Crippen LogP contribution is 2.36. The van der Waals surface area contributed by atoms with Gasteiger partial charge in [0.05, 0.1) is 13.2 Å². The third-order valence-corrected chi connectivity index (χ3v) is 4.61. The predicted molar refractivity (Wildman–Crippen MR) is 89.2 cm³/mol. The van der Waals surface area contributed by atoms with Crippen LogP contribution in [0.5, 0.6) is 0 Å². The van der Waals surface area contributed by atoms with Gasteiger partial charge in [-0.25, -0.2) is 4.39 Å². The molecule has 24 heavy (non-hydrogen) atoms. The van der Waals surface area contributed by atoms with Crippen LogP contribution in [0.1, 0.15) is 22.9 Å². The van der Waals surface area contributed by atoms with Crippen LogP contribution in [0.4, 0.5) is 4.39 Å². The molecule has 2 atom stereocenters. The maximum atomic E-state index is 14.4. The van der Waals surface area contributed by atoms with Crippen LogP contribution in [0.3, 0.4) is 0 Å². The Morgan fingerprint density at radius 2 is 1.92 bits per heavy atom. The Hall–Kier alpha value is -2.66. The molecular formula is C19H17FN2O2. The number of methoxy groups -OCH3 is 1. The molecule has 4 nitrogen and oxygen atoms in total. The van der Waals surface area contributed by atoms with Crippen molar-refractivity contribution in [1.82, 2.24) is 10.3 Å². The van der Waals surface area contributed by atoms with Gasteiger partial charge in [-0.3, -0.25) is 10.1 Å². The van der Waals surface area contributed by atoms with Crippen LogP contribution in [0.15, 0.2) is 48.5 Å². The summed E-state index contributed by atoms with van der Waals surface area (Å²) in [5.41, 5.74) is 3.43. The molecule has 0 saturated carbocycles. The maximum absolute atomic E-state index is 14.4. The highest BCUT2D eigenvalue weighted by molar-refractivity contribution is 5.87. The van der Waals surface area contributed by atoms with Crippen LogP contribution < -0.4 is 5.32 Å². The van der Waals surface area contributed by atoms with Crippen molar-refractivity contribution < 1.29 is 13.9 Å². The van der Waals surface area contributed by atoms with Crippen molar-refractivity contribution in [1.29, 1.82) is 0 Å². The van der Waals surface area contributed by atoms with E-state index in [1.54, 1.807) is 18.2 Å². The van der Waals surface area contributed by atoms with E-state index < -0.39 is 12.1 Å². The summed E-state index contributed by atoms with van der Waals surface area (Å²) in [5, 5.41) is 4.29. The van der Waals surface area contributed by atoms with E-state index in [1.165, 1.54) is 13.2 Å². The summed E-state index contributed by atoms with van der Waals surface area (Å²) in [6.45, 7) is 0. The van der Waals surface area contributed by atoms with Gasteiger partial charge >= 0.3 is 5.97 Å². The molecule has 0 unspecified atom stereocenters. The van der Waals surface area contributed by atoms with Crippen LogP contribution in [0.2, 0.25) is 0 Å². The molecule has 0 radical (unpaired) electrons. The van der Waals surface area contributed by atoms with E-state index in [9.17, 15) is 9.18 Å². The van der Waals surface area contributed by atoms with Gasteiger partial charge in [0.1, 0.15) is 11.9 Å². The van der Waals surface area contributed by atoms with E-state index in [4.69, 9.17) is 4.74 Å². The number of esters is 1. The lowest BCUT2D eigenvalue weighted by molar-refractivity contribution is -0.143. The summed E-state index contributed by atoms with van der Waals surface area (Å²) in [6, 6.07) is 13.6. The molecule has 3 aromatic rings. The molecule has 1 aliphatic rings. The molecule has 0 spiro atoms. The molecule has 5 heteroatoms.